The average molecular weight is 254 g/mol. The summed E-state index contributed by atoms with van der Waals surface area (Å²) in [5, 5.41) is 11.6. The van der Waals surface area contributed by atoms with Crippen LogP contribution < -0.4 is 5.32 Å². The van der Waals surface area contributed by atoms with Crippen LogP contribution in [0.5, 0.6) is 0 Å². The number of methoxy groups -OCH3 is 1. The van der Waals surface area contributed by atoms with Gasteiger partial charge in [0.2, 0.25) is 0 Å². The lowest BCUT2D eigenvalue weighted by molar-refractivity contribution is 0.0652. The lowest BCUT2D eigenvalue weighted by Gasteiger charge is -2.02. The number of aromatic nitrogens is 3. The fraction of sp³-hybridized carbons (Fsp3) is 0.833. The van der Waals surface area contributed by atoms with Crippen molar-refractivity contribution in [2.24, 2.45) is 5.92 Å². The number of nitrogens with zero attached hydrogens (tertiary/aromatic N) is 3. The van der Waals surface area contributed by atoms with Crippen molar-refractivity contribution < 1.29 is 9.47 Å². The van der Waals surface area contributed by atoms with Gasteiger partial charge in [0.25, 0.3) is 0 Å². The number of rotatable bonds is 10. The van der Waals surface area contributed by atoms with E-state index in [2.05, 4.69) is 15.6 Å². The highest BCUT2D eigenvalue weighted by atomic mass is 16.5. The minimum atomic E-state index is 0.626. The lowest BCUT2D eigenvalue weighted by Crippen LogP contribution is -2.16. The van der Waals surface area contributed by atoms with Crippen molar-refractivity contribution in [2.75, 3.05) is 33.5 Å². The maximum Gasteiger partial charge on any atom is 0.0964 e. The molecule has 1 heterocycles. The third kappa shape index (κ3) is 5.12. The maximum absolute atomic E-state index is 5.38. The fourth-order valence-electron chi connectivity index (χ4n) is 1.66. The highest BCUT2D eigenvalue weighted by Crippen LogP contribution is 2.27. The summed E-state index contributed by atoms with van der Waals surface area (Å²) in [5.74, 6) is 0.897. The molecule has 0 radical (unpaired) electrons. The van der Waals surface area contributed by atoms with Crippen LogP contribution in [0.3, 0.4) is 0 Å². The van der Waals surface area contributed by atoms with E-state index in [0.717, 1.165) is 31.2 Å². The molecule has 1 saturated carbocycles. The van der Waals surface area contributed by atoms with E-state index >= 15 is 0 Å². The van der Waals surface area contributed by atoms with Gasteiger partial charge in [0.05, 0.1) is 32.1 Å². The van der Waals surface area contributed by atoms with Crippen molar-refractivity contribution in [2.45, 2.75) is 25.9 Å². The van der Waals surface area contributed by atoms with Gasteiger partial charge in [0.1, 0.15) is 0 Å². The molecule has 0 aliphatic heterocycles. The van der Waals surface area contributed by atoms with E-state index in [1.165, 1.54) is 12.8 Å². The van der Waals surface area contributed by atoms with E-state index in [0.29, 0.717) is 19.8 Å². The van der Waals surface area contributed by atoms with Crippen molar-refractivity contribution in [3.05, 3.63) is 11.9 Å². The van der Waals surface area contributed by atoms with E-state index in [1.807, 2.05) is 10.9 Å². The van der Waals surface area contributed by atoms with Gasteiger partial charge >= 0.3 is 0 Å². The lowest BCUT2D eigenvalue weighted by atomic mass is 10.4. The Bertz CT molecular complexity index is 339. The summed E-state index contributed by atoms with van der Waals surface area (Å²) in [5.41, 5.74) is 0.993. The Morgan fingerprint density at radius 1 is 1.39 bits per heavy atom. The molecule has 1 aliphatic rings. The van der Waals surface area contributed by atoms with Gasteiger partial charge in [-0.15, -0.1) is 5.10 Å². The highest BCUT2D eigenvalue weighted by molar-refractivity contribution is 4.92. The molecule has 0 amide bonds. The normalized spacial score (nSPS) is 15.2. The third-order valence-electron chi connectivity index (χ3n) is 2.92. The van der Waals surface area contributed by atoms with Gasteiger partial charge < -0.3 is 14.8 Å². The van der Waals surface area contributed by atoms with Gasteiger partial charge in [0, 0.05) is 19.9 Å². The molecule has 0 atom stereocenters. The number of ether oxygens (including phenoxy) is 2. The topological polar surface area (TPSA) is 61.2 Å². The number of hydrogen-bond acceptors (Lipinski definition) is 5. The van der Waals surface area contributed by atoms with Gasteiger partial charge in [-0.1, -0.05) is 5.21 Å². The summed E-state index contributed by atoms with van der Waals surface area (Å²) in [6.45, 7) is 4.55. The van der Waals surface area contributed by atoms with Crippen molar-refractivity contribution in [1.82, 2.24) is 20.3 Å². The Kier molecular flexibility index (Phi) is 5.57. The summed E-state index contributed by atoms with van der Waals surface area (Å²) in [7, 11) is 1.67. The summed E-state index contributed by atoms with van der Waals surface area (Å²) >= 11 is 0. The molecular formula is C12H22N4O2. The van der Waals surface area contributed by atoms with E-state index in [1.54, 1.807) is 7.11 Å². The number of nitrogens with one attached hydrogen (secondary N) is 1. The van der Waals surface area contributed by atoms with Crippen molar-refractivity contribution in [3.8, 4) is 0 Å². The van der Waals surface area contributed by atoms with Crippen LogP contribution in [0.2, 0.25) is 0 Å². The predicted molar refractivity (Wildman–Crippen MR) is 67.1 cm³/mol. The first-order chi connectivity index (χ1) is 8.88. The van der Waals surface area contributed by atoms with Gasteiger partial charge in [0.15, 0.2) is 0 Å². The zero-order valence-corrected chi connectivity index (χ0v) is 11.0. The molecular weight excluding hydrogens is 232 g/mol. The monoisotopic (exact) mass is 254 g/mol. The van der Waals surface area contributed by atoms with Crippen molar-refractivity contribution in [3.63, 3.8) is 0 Å². The Morgan fingerprint density at radius 2 is 2.28 bits per heavy atom. The number of hydrogen-bond donors (Lipinski definition) is 1. The van der Waals surface area contributed by atoms with Gasteiger partial charge in [-0.2, -0.15) is 0 Å². The molecule has 102 valence electrons. The average Bonchev–Trinajstić information content (AvgIpc) is 3.08. The fourth-order valence-corrected chi connectivity index (χ4v) is 1.66. The van der Waals surface area contributed by atoms with E-state index in [4.69, 9.17) is 9.47 Å². The zero-order chi connectivity index (χ0) is 12.6. The van der Waals surface area contributed by atoms with E-state index in [-0.39, 0.29) is 0 Å². The van der Waals surface area contributed by atoms with Crippen LogP contribution in [0.4, 0.5) is 0 Å². The minimum absolute atomic E-state index is 0.626. The second kappa shape index (κ2) is 7.45. The largest absolute Gasteiger partial charge is 0.382 e. The molecule has 0 saturated heterocycles. The van der Waals surface area contributed by atoms with Crippen LogP contribution in [0.25, 0.3) is 0 Å². The molecule has 1 aromatic heterocycles. The van der Waals surface area contributed by atoms with Crippen molar-refractivity contribution in [1.29, 1.82) is 0 Å². The molecule has 0 unspecified atom stereocenters. The minimum Gasteiger partial charge on any atom is -0.382 e. The molecule has 0 aromatic carbocycles. The molecule has 0 spiro atoms. The van der Waals surface area contributed by atoms with Gasteiger partial charge in [-0.25, -0.2) is 4.68 Å². The van der Waals surface area contributed by atoms with Gasteiger partial charge in [-0.3, -0.25) is 0 Å². The molecule has 0 bridgehead atoms. The molecule has 18 heavy (non-hydrogen) atoms. The molecule has 1 aromatic rings. The first-order valence-electron chi connectivity index (χ1n) is 6.55. The smallest absolute Gasteiger partial charge is 0.0964 e. The van der Waals surface area contributed by atoms with Crippen molar-refractivity contribution >= 4 is 0 Å². The molecule has 2 rings (SSSR count). The Hall–Kier alpha value is -0.980. The maximum atomic E-state index is 5.38. The van der Waals surface area contributed by atoms with Crippen LogP contribution in [0.15, 0.2) is 6.20 Å². The second-order valence-corrected chi connectivity index (χ2v) is 4.65. The van der Waals surface area contributed by atoms with E-state index in [9.17, 15) is 0 Å². The van der Waals surface area contributed by atoms with Crippen LogP contribution in [-0.2, 0) is 22.6 Å². The standard InChI is InChI=1S/C12H22N4O2/c1-17-6-7-18-5-4-16-10-12(14-15-16)9-13-8-11-2-3-11/h10-11,13H,2-9H2,1H3. The first kappa shape index (κ1) is 13.5. The Morgan fingerprint density at radius 3 is 3.06 bits per heavy atom. The third-order valence-corrected chi connectivity index (χ3v) is 2.92. The summed E-state index contributed by atoms with van der Waals surface area (Å²) in [4.78, 5) is 0. The summed E-state index contributed by atoms with van der Waals surface area (Å²) < 4.78 is 12.1. The molecule has 1 fully saturated rings. The molecule has 1 N–H and O–H groups in total. The zero-order valence-electron chi connectivity index (χ0n) is 11.0. The van der Waals surface area contributed by atoms with Crippen LogP contribution in [-0.4, -0.2) is 48.5 Å². The van der Waals surface area contributed by atoms with Crippen LogP contribution >= 0.6 is 0 Å². The quantitative estimate of drug-likeness (QED) is 0.614. The van der Waals surface area contributed by atoms with Crippen LogP contribution in [0, 0.1) is 5.92 Å². The molecule has 1 aliphatic carbocycles. The SMILES string of the molecule is COCCOCCn1cc(CNCC2CC2)nn1. The Balaban J connectivity index is 1.56. The summed E-state index contributed by atoms with van der Waals surface area (Å²) in [6.07, 6.45) is 4.72. The van der Waals surface area contributed by atoms with E-state index < -0.39 is 0 Å². The first-order valence-corrected chi connectivity index (χ1v) is 6.55. The second-order valence-electron chi connectivity index (χ2n) is 4.65. The molecule has 6 heteroatoms. The predicted octanol–water partition coefficient (Wildman–Crippen LogP) is 0.441. The van der Waals surface area contributed by atoms with Gasteiger partial charge in [-0.05, 0) is 25.3 Å². The summed E-state index contributed by atoms with van der Waals surface area (Å²) in [6, 6.07) is 0. The van der Waals surface area contributed by atoms with Crippen LogP contribution in [0.1, 0.15) is 18.5 Å². The molecule has 6 nitrogen and oxygen atoms in total. The Labute approximate surface area is 108 Å². The highest BCUT2D eigenvalue weighted by Gasteiger charge is 2.20.